The zero-order chi connectivity index (χ0) is 34.7. The van der Waals surface area contributed by atoms with Gasteiger partial charge in [0.25, 0.3) is 0 Å². The lowest BCUT2D eigenvalue weighted by Gasteiger charge is -2.18. The van der Waals surface area contributed by atoms with E-state index in [2.05, 4.69) is 36.6 Å². The standard InChI is InChI=1S/C38H71O8P/c1-3-5-7-9-11-13-15-17-19-21-23-25-27-29-31-33-38(40)46-36(35-45-47(41,42)43)34-44-37(39)32-30-28-26-24-22-20-18-16-14-12-10-8-6-4-2/h16,18,27,29,36H,3-15,17,19-26,28,30-35H2,1-2H3,(H2,41,42,43)/b18-16+,29-27+/t36-/m1/s1. The molecule has 0 bridgehead atoms. The topological polar surface area (TPSA) is 119 Å². The summed E-state index contributed by atoms with van der Waals surface area (Å²) in [4.78, 5) is 42.6. The third-order valence-corrected chi connectivity index (χ3v) is 8.69. The smallest absolute Gasteiger partial charge is 0.462 e. The summed E-state index contributed by atoms with van der Waals surface area (Å²) < 4.78 is 26.2. The van der Waals surface area contributed by atoms with E-state index in [1.807, 2.05) is 6.08 Å². The van der Waals surface area contributed by atoms with Crippen molar-refractivity contribution in [1.82, 2.24) is 0 Å². The van der Waals surface area contributed by atoms with Crippen LogP contribution >= 0.6 is 7.82 Å². The minimum absolute atomic E-state index is 0.129. The quantitative estimate of drug-likeness (QED) is 0.0292. The van der Waals surface area contributed by atoms with Crippen LogP contribution < -0.4 is 0 Å². The van der Waals surface area contributed by atoms with Crippen LogP contribution in [0, 0.1) is 0 Å². The van der Waals surface area contributed by atoms with Crippen molar-refractivity contribution in [3.63, 3.8) is 0 Å². The highest BCUT2D eigenvalue weighted by molar-refractivity contribution is 7.46. The SMILES string of the molecule is CCCCCCC/C=C/CCCCCCCC(=O)OC[C@H](COP(=O)(O)O)OC(=O)CC/C=C/CCCCCCCCCCCCC. The number of allylic oxidation sites excluding steroid dienone is 4. The molecule has 0 rings (SSSR count). The maximum absolute atomic E-state index is 12.3. The molecular formula is C38H71O8P. The van der Waals surface area contributed by atoms with Crippen LogP contribution in [0.1, 0.15) is 187 Å². The molecule has 0 aliphatic rings. The van der Waals surface area contributed by atoms with Gasteiger partial charge >= 0.3 is 19.8 Å². The Kier molecular flexibility index (Phi) is 33.3. The van der Waals surface area contributed by atoms with Gasteiger partial charge in [0.1, 0.15) is 6.61 Å². The minimum Gasteiger partial charge on any atom is -0.462 e. The second kappa shape index (κ2) is 34.4. The Hall–Kier alpha value is -1.47. The first-order valence-corrected chi connectivity index (χ1v) is 20.7. The lowest BCUT2D eigenvalue weighted by atomic mass is 10.1. The van der Waals surface area contributed by atoms with Crippen molar-refractivity contribution < 1.29 is 37.9 Å². The Morgan fingerprint density at radius 1 is 0.532 bits per heavy atom. The van der Waals surface area contributed by atoms with Gasteiger partial charge < -0.3 is 19.3 Å². The van der Waals surface area contributed by atoms with Crippen molar-refractivity contribution in [1.29, 1.82) is 0 Å². The number of unbranched alkanes of at least 4 members (excludes halogenated alkanes) is 21. The molecule has 276 valence electrons. The molecule has 0 spiro atoms. The van der Waals surface area contributed by atoms with Crippen molar-refractivity contribution in [2.24, 2.45) is 0 Å². The zero-order valence-electron chi connectivity index (χ0n) is 30.2. The van der Waals surface area contributed by atoms with Gasteiger partial charge in [0.05, 0.1) is 6.61 Å². The number of phosphoric ester groups is 1. The van der Waals surface area contributed by atoms with E-state index < -0.39 is 32.5 Å². The van der Waals surface area contributed by atoms with E-state index in [0.717, 1.165) is 44.9 Å². The van der Waals surface area contributed by atoms with Crippen LogP contribution in [0.4, 0.5) is 0 Å². The first kappa shape index (κ1) is 45.5. The number of hydrogen-bond donors (Lipinski definition) is 2. The maximum Gasteiger partial charge on any atom is 0.469 e. The molecule has 0 saturated carbocycles. The molecule has 0 unspecified atom stereocenters. The largest absolute Gasteiger partial charge is 0.469 e. The maximum atomic E-state index is 12.3. The molecular weight excluding hydrogens is 615 g/mol. The van der Waals surface area contributed by atoms with E-state index in [9.17, 15) is 14.2 Å². The molecule has 0 aromatic rings. The molecule has 0 heterocycles. The van der Waals surface area contributed by atoms with Gasteiger partial charge in [0.2, 0.25) is 0 Å². The van der Waals surface area contributed by atoms with Crippen LogP contribution in [-0.4, -0.2) is 41.0 Å². The van der Waals surface area contributed by atoms with Gasteiger partial charge in [0.15, 0.2) is 6.10 Å². The highest BCUT2D eigenvalue weighted by atomic mass is 31.2. The van der Waals surface area contributed by atoms with Gasteiger partial charge in [-0.1, -0.05) is 147 Å². The summed E-state index contributed by atoms with van der Waals surface area (Å²) in [5.41, 5.74) is 0. The van der Waals surface area contributed by atoms with E-state index in [1.165, 1.54) is 103 Å². The van der Waals surface area contributed by atoms with Crippen LogP contribution in [0.3, 0.4) is 0 Å². The monoisotopic (exact) mass is 686 g/mol. The Labute approximate surface area is 288 Å². The number of hydrogen-bond acceptors (Lipinski definition) is 6. The lowest BCUT2D eigenvalue weighted by Crippen LogP contribution is -2.29. The van der Waals surface area contributed by atoms with Crippen molar-refractivity contribution in [2.75, 3.05) is 13.2 Å². The second-order valence-corrected chi connectivity index (χ2v) is 14.1. The molecule has 0 aromatic carbocycles. The number of carbonyl (C=O) groups excluding carboxylic acids is 2. The summed E-state index contributed by atoms with van der Waals surface area (Å²) in [5, 5.41) is 0. The first-order valence-electron chi connectivity index (χ1n) is 19.1. The van der Waals surface area contributed by atoms with Gasteiger partial charge in [-0.3, -0.25) is 14.1 Å². The molecule has 0 aromatic heterocycles. The lowest BCUT2D eigenvalue weighted by molar-refractivity contribution is -0.161. The highest BCUT2D eigenvalue weighted by Gasteiger charge is 2.22. The summed E-state index contributed by atoms with van der Waals surface area (Å²) in [6.07, 6.45) is 37.7. The Bertz CT molecular complexity index is 823. The number of carbonyl (C=O) groups is 2. The average Bonchev–Trinajstić information content (AvgIpc) is 3.03. The number of rotatable bonds is 35. The molecule has 0 saturated heterocycles. The van der Waals surface area contributed by atoms with Crippen LogP contribution in [-0.2, 0) is 28.2 Å². The molecule has 8 nitrogen and oxygen atoms in total. The van der Waals surface area contributed by atoms with Crippen molar-refractivity contribution in [3.05, 3.63) is 24.3 Å². The van der Waals surface area contributed by atoms with Crippen LogP contribution in [0.5, 0.6) is 0 Å². The summed E-state index contributed by atoms with van der Waals surface area (Å²) in [7, 11) is -4.76. The fraction of sp³-hybridized carbons (Fsp3) is 0.842. The summed E-state index contributed by atoms with van der Waals surface area (Å²) in [6.45, 7) is 3.63. The molecule has 0 amide bonds. The molecule has 47 heavy (non-hydrogen) atoms. The summed E-state index contributed by atoms with van der Waals surface area (Å²) >= 11 is 0. The zero-order valence-corrected chi connectivity index (χ0v) is 31.1. The second-order valence-electron chi connectivity index (χ2n) is 12.9. The van der Waals surface area contributed by atoms with Gasteiger partial charge in [-0.15, -0.1) is 0 Å². The third-order valence-electron chi connectivity index (χ3n) is 8.21. The van der Waals surface area contributed by atoms with E-state index >= 15 is 0 Å². The van der Waals surface area contributed by atoms with Gasteiger partial charge in [-0.05, 0) is 51.4 Å². The predicted octanol–water partition coefficient (Wildman–Crippen LogP) is 11.2. The van der Waals surface area contributed by atoms with Gasteiger partial charge in [0, 0.05) is 12.8 Å². The molecule has 9 heteroatoms. The first-order chi connectivity index (χ1) is 22.8. The Morgan fingerprint density at radius 3 is 1.38 bits per heavy atom. The minimum atomic E-state index is -4.76. The van der Waals surface area contributed by atoms with Gasteiger partial charge in [-0.25, -0.2) is 4.57 Å². The fourth-order valence-corrected chi connectivity index (χ4v) is 5.69. The van der Waals surface area contributed by atoms with Crippen LogP contribution in [0.2, 0.25) is 0 Å². The summed E-state index contributed by atoms with van der Waals surface area (Å²) in [5.74, 6) is -0.948. The third kappa shape index (κ3) is 37.2. The number of esters is 2. The Balaban J connectivity index is 4.00. The normalized spacial score (nSPS) is 12.7. The fourth-order valence-electron chi connectivity index (χ4n) is 5.33. The van der Waals surface area contributed by atoms with E-state index in [1.54, 1.807) is 0 Å². The number of ether oxygens (including phenoxy) is 2. The molecule has 0 aliphatic heterocycles. The van der Waals surface area contributed by atoms with Gasteiger partial charge in [-0.2, -0.15) is 0 Å². The number of phosphoric acid groups is 1. The summed E-state index contributed by atoms with van der Waals surface area (Å²) in [6, 6.07) is 0. The van der Waals surface area contributed by atoms with Crippen molar-refractivity contribution >= 4 is 19.8 Å². The van der Waals surface area contributed by atoms with Crippen LogP contribution in [0.25, 0.3) is 0 Å². The Morgan fingerprint density at radius 2 is 0.936 bits per heavy atom. The van der Waals surface area contributed by atoms with E-state index in [-0.39, 0.29) is 19.4 Å². The molecule has 0 fully saturated rings. The molecule has 0 aliphatic carbocycles. The predicted molar refractivity (Wildman–Crippen MR) is 193 cm³/mol. The van der Waals surface area contributed by atoms with Crippen molar-refractivity contribution in [2.45, 2.75) is 193 Å². The van der Waals surface area contributed by atoms with E-state index in [0.29, 0.717) is 12.8 Å². The van der Waals surface area contributed by atoms with Crippen molar-refractivity contribution in [3.8, 4) is 0 Å². The van der Waals surface area contributed by atoms with Crippen LogP contribution in [0.15, 0.2) is 24.3 Å². The highest BCUT2D eigenvalue weighted by Crippen LogP contribution is 2.36. The molecule has 0 radical (unpaired) electrons. The van der Waals surface area contributed by atoms with E-state index in [4.69, 9.17) is 19.3 Å². The average molecular weight is 687 g/mol. The molecule has 2 N–H and O–H groups in total. The molecule has 1 atom stereocenters.